The lowest BCUT2D eigenvalue weighted by Crippen LogP contribution is -2.21. The third-order valence-corrected chi connectivity index (χ3v) is 11.7. The number of rotatable bonds is 4. The van der Waals surface area contributed by atoms with Gasteiger partial charge in [0.2, 0.25) is 0 Å². The van der Waals surface area contributed by atoms with E-state index in [2.05, 4.69) is 158 Å². The summed E-state index contributed by atoms with van der Waals surface area (Å²) in [6, 6.07) is 57.8. The zero-order chi connectivity index (χ0) is 36.7. The molecule has 262 valence electrons. The fourth-order valence-corrected chi connectivity index (χ4v) is 8.98. The van der Waals surface area contributed by atoms with E-state index in [9.17, 15) is 0 Å². The lowest BCUT2D eigenvalue weighted by molar-refractivity contribution is 0.278. The Kier molecular flexibility index (Phi) is 6.72. The molecule has 2 aromatic heterocycles. The Balaban J connectivity index is 0.967. The maximum Gasteiger partial charge on any atom is 0.180 e. The van der Waals surface area contributed by atoms with Crippen molar-refractivity contribution < 1.29 is 9.15 Å². The highest BCUT2D eigenvalue weighted by atomic mass is 16.5. The van der Waals surface area contributed by atoms with E-state index < -0.39 is 0 Å². The summed E-state index contributed by atoms with van der Waals surface area (Å²) in [5.74, 6) is 1.61. The van der Waals surface area contributed by atoms with Crippen molar-refractivity contribution in [2.75, 3.05) is 0 Å². The Hall–Kier alpha value is -7.30. The quantitative estimate of drug-likeness (QED) is 0.170. The van der Waals surface area contributed by atoms with Crippen LogP contribution in [0.4, 0.5) is 0 Å². The largest absolute Gasteiger partial charge is 0.484 e. The predicted molar refractivity (Wildman–Crippen MR) is 229 cm³/mol. The molecule has 4 nitrogen and oxygen atoms in total. The van der Waals surface area contributed by atoms with Gasteiger partial charge in [-0.25, -0.2) is 9.97 Å². The fourth-order valence-electron chi connectivity index (χ4n) is 8.98. The van der Waals surface area contributed by atoms with Crippen LogP contribution in [0, 0.1) is 0 Å². The van der Waals surface area contributed by atoms with E-state index in [1.807, 2.05) is 24.3 Å². The highest BCUT2D eigenvalue weighted by Crippen LogP contribution is 2.49. The van der Waals surface area contributed by atoms with E-state index in [1.165, 1.54) is 49.0 Å². The van der Waals surface area contributed by atoms with E-state index in [-0.39, 0.29) is 12.0 Å². The van der Waals surface area contributed by atoms with Crippen LogP contribution in [0.2, 0.25) is 0 Å². The van der Waals surface area contributed by atoms with Crippen LogP contribution in [0.25, 0.3) is 93.7 Å². The Labute approximate surface area is 322 Å². The summed E-state index contributed by atoms with van der Waals surface area (Å²) in [5.41, 5.74) is 10.6. The first-order valence-electron chi connectivity index (χ1n) is 19.1. The number of allylic oxidation sites excluding steroid dienone is 2. The third-order valence-electron chi connectivity index (χ3n) is 11.7. The zero-order valence-electron chi connectivity index (χ0n) is 30.2. The van der Waals surface area contributed by atoms with E-state index >= 15 is 0 Å². The SMILES string of the molecule is C1=CC2c3ccc(-c4nc(-c5ccccc5)nc5c4oc4cc(-c6ccccc6)ccc45)cc3OC2C(c2ccc3c4ccccc4c4ccccc4c3c2)=C1. The van der Waals surface area contributed by atoms with Gasteiger partial charge in [-0.2, -0.15) is 0 Å². The van der Waals surface area contributed by atoms with Crippen LogP contribution < -0.4 is 4.74 Å². The first kappa shape index (κ1) is 31.1. The molecule has 2 atom stereocenters. The minimum Gasteiger partial charge on any atom is -0.484 e. The van der Waals surface area contributed by atoms with Gasteiger partial charge in [0.05, 0.1) is 0 Å². The molecule has 3 heterocycles. The van der Waals surface area contributed by atoms with E-state index in [4.69, 9.17) is 19.1 Å². The lowest BCUT2D eigenvalue weighted by Gasteiger charge is -2.23. The van der Waals surface area contributed by atoms with Gasteiger partial charge in [0.25, 0.3) is 0 Å². The van der Waals surface area contributed by atoms with Crippen molar-refractivity contribution in [1.82, 2.24) is 9.97 Å². The number of ether oxygens (including phenoxy) is 1. The van der Waals surface area contributed by atoms with Gasteiger partial charge in [0.1, 0.15) is 28.6 Å². The second-order valence-corrected chi connectivity index (χ2v) is 14.8. The molecule has 0 saturated heterocycles. The number of nitrogens with zero attached hydrogens (tertiary/aromatic N) is 2. The molecule has 2 aliphatic rings. The van der Waals surface area contributed by atoms with Crippen LogP contribution in [0.1, 0.15) is 17.0 Å². The molecule has 0 amide bonds. The normalized spacial score (nSPS) is 16.0. The number of hydrogen-bond acceptors (Lipinski definition) is 4. The molecule has 1 aliphatic heterocycles. The topological polar surface area (TPSA) is 48.2 Å². The number of benzene rings is 8. The molecule has 4 heteroatoms. The Bertz CT molecular complexity index is 3250. The molecular weight excluding hydrogens is 685 g/mol. The summed E-state index contributed by atoms with van der Waals surface area (Å²) >= 11 is 0. The minimum atomic E-state index is -0.151. The van der Waals surface area contributed by atoms with Crippen LogP contribution in [0.15, 0.2) is 186 Å². The second kappa shape index (κ2) is 12.1. The standard InChI is InChI=1S/C52H32N2O2/c1-3-12-31(13-4-1)33-22-27-44-47(29-33)56-51-48(53-52(54-49(44)51)32-14-5-2-6-15-32)35-24-26-42-43-21-11-20-36(50(43)55-46(42)30-35)34-23-25-41-39-18-8-7-16-37(39)38-17-9-10-19-40(38)45(41)28-34/h1-30,43,50H. The molecule has 2 unspecified atom stereocenters. The first-order chi connectivity index (χ1) is 27.7. The molecule has 0 bridgehead atoms. The van der Waals surface area contributed by atoms with Crippen LogP contribution in [-0.2, 0) is 0 Å². The molecule has 0 spiro atoms. The van der Waals surface area contributed by atoms with Gasteiger partial charge in [-0.05, 0) is 73.3 Å². The fraction of sp³-hybridized carbons (Fsp3) is 0.0385. The van der Waals surface area contributed by atoms with Crippen LogP contribution >= 0.6 is 0 Å². The van der Waals surface area contributed by atoms with Crippen molar-refractivity contribution in [2.24, 2.45) is 0 Å². The minimum absolute atomic E-state index is 0.0935. The van der Waals surface area contributed by atoms with Crippen LogP contribution in [-0.4, -0.2) is 16.1 Å². The van der Waals surface area contributed by atoms with E-state index in [0.717, 1.165) is 50.2 Å². The van der Waals surface area contributed by atoms with Crippen LogP contribution in [0.3, 0.4) is 0 Å². The highest BCUT2D eigenvalue weighted by Gasteiger charge is 2.37. The average molecular weight is 717 g/mol. The van der Waals surface area contributed by atoms with Crippen molar-refractivity contribution in [3.05, 3.63) is 193 Å². The van der Waals surface area contributed by atoms with Gasteiger partial charge in [0, 0.05) is 33.6 Å². The Morgan fingerprint density at radius 1 is 0.464 bits per heavy atom. The summed E-state index contributed by atoms with van der Waals surface area (Å²) in [6.07, 6.45) is 6.52. The maximum absolute atomic E-state index is 6.97. The molecule has 0 N–H and O–H groups in total. The van der Waals surface area contributed by atoms with Gasteiger partial charge < -0.3 is 9.15 Å². The number of fused-ring (bicyclic) bond motifs is 12. The van der Waals surface area contributed by atoms with Crippen molar-refractivity contribution in [2.45, 2.75) is 12.0 Å². The third kappa shape index (κ3) is 4.72. The molecular formula is C52H32N2O2. The summed E-state index contributed by atoms with van der Waals surface area (Å²) in [7, 11) is 0. The predicted octanol–water partition coefficient (Wildman–Crippen LogP) is 13.3. The molecule has 0 saturated carbocycles. The number of furan rings is 1. The van der Waals surface area contributed by atoms with Crippen molar-refractivity contribution in [3.63, 3.8) is 0 Å². The molecule has 1 aliphatic carbocycles. The number of aromatic nitrogens is 2. The molecule has 8 aromatic carbocycles. The van der Waals surface area contributed by atoms with Gasteiger partial charge in [-0.1, -0.05) is 158 Å². The molecule has 10 aromatic rings. The molecule has 0 radical (unpaired) electrons. The highest BCUT2D eigenvalue weighted by molar-refractivity contribution is 6.25. The summed E-state index contributed by atoms with van der Waals surface area (Å²) in [6.45, 7) is 0. The van der Waals surface area contributed by atoms with Crippen molar-refractivity contribution in [1.29, 1.82) is 0 Å². The van der Waals surface area contributed by atoms with Crippen molar-refractivity contribution >= 4 is 60.0 Å². The van der Waals surface area contributed by atoms with E-state index in [0.29, 0.717) is 11.4 Å². The molecule has 12 rings (SSSR count). The van der Waals surface area contributed by atoms with E-state index in [1.54, 1.807) is 0 Å². The second-order valence-electron chi connectivity index (χ2n) is 14.8. The first-order valence-corrected chi connectivity index (χ1v) is 19.1. The Morgan fingerprint density at radius 3 is 1.84 bits per heavy atom. The summed E-state index contributed by atoms with van der Waals surface area (Å²) < 4.78 is 13.7. The van der Waals surface area contributed by atoms with Gasteiger partial charge >= 0.3 is 0 Å². The monoisotopic (exact) mass is 716 g/mol. The summed E-state index contributed by atoms with van der Waals surface area (Å²) in [4.78, 5) is 10.3. The van der Waals surface area contributed by atoms with Crippen molar-refractivity contribution in [3.8, 4) is 39.5 Å². The lowest BCUT2D eigenvalue weighted by atomic mass is 9.83. The van der Waals surface area contributed by atoms with Gasteiger partial charge in [-0.3, -0.25) is 0 Å². The molecule has 0 fully saturated rings. The summed E-state index contributed by atoms with van der Waals surface area (Å²) in [5, 5.41) is 8.57. The number of hydrogen-bond donors (Lipinski definition) is 0. The average Bonchev–Trinajstić information content (AvgIpc) is 3.84. The zero-order valence-corrected chi connectivity index (χ0v) is 30.2. The Morgan fingerprint density at radius 2 is 1.09 bits per heavy atom. The maximum atomic E-state index is 6.97. The van der Waals surface area contributed by atoms with Crippen LogP contribution in [0.5, 0.6) is 5.75 Å². The van der Waals surface area contributed by atoms with Gasteiger partial charge in [0.15, 0.2) is 11.4 Å². The van der Waals surface area contributed by atoms with Gasteiger partial charge in [-0.15, -0.1) is 0 Å². The smallest absolute Gasteiger partial charge is 0.180 e. The molecule has 56 heavy (non-hydrogen) atoms.